The lowest BCUT2D eigenvalue weighted by Gasteiger charge is -2.32. The second-order valence-corrected chi connectivity index (χ2v) is 7.94. The number of rotatable bonds is 7. The Bertz CT molecular complexity index is 633. The van der Waals surface area contributed by atoms with Gasteiger partial charge in [-0.2, -0.15) is 12.7 Å². The van der Waals surface area contributed by atoms with Crippen molar-refractivity contribution in [2.24, 2.45) is 0 Å². The van der Waals surface area contributed by atoms with Gasteiger partial charge in [0.15, 0.2) is 0 Å². The van der Waals surface area contributed by atoms with E-state index in [4.69, 9.17) is 6.42 Å². The number of unbranched alkanes of at least 4 members (excludes halogenated alkanes) is 1. The molecular formula is C11H18FN3O5S2. The van der Waals surface area contributed by atoms with Crippen LogP contribution >= 0.6 is 0 Å². The smallest absolute Gasteiger partial charge is 0.339 e. The first-order valence-corrected chi connectivity index (χ1v) is 9.53. The summed E-state index contributed by atoms with van der Waals surface area (Å²) in [5, 5.41) is 0. The molecule has 0 aromatic heterocycles. The van der Waals surface area contributed by atoms with Crippen LogP contribution in [0.5, 0.6) is 0 Å². The number of nitrogens with zero attached hydrogens (tertiary/aromatic N) is 2. The molecule has 0 unspecified atom stereocenters. The van der Waals surface area contributed by atoms with Crippen molar-refractivity contribution in [2.75, 3.05) is 38.5 Å². The summed E-state index contributed by atoms with van der Waals surface area (Å²) in [6.07, 6.45) is 5.65. The summed E-state index contributed by atoms with van der Waals surface area (Å²) in [6.45, 7) is -0.693. The average molecular weight is 355 g/mol. The quantitative estimate of drug-likeness (QED) is 0.346. The minimum absolute atomic E-state index is 0.0147. The number of sulfonamides is 1. The lowest BCUT2D eigenvalue weighted by atomic mass is 10.3. The largest absolute Gasteiger partial charge is 0.374 e. The molecular weight excluding hydrogens is 337 g/mol. The van der Waals surface area contributed by atoms with Crippen molar-refractivity contribution in [3.63, 3.8) is 0 Å². The molecule has 0 saturated carbocycles. The van der Waals surface area contributed by atoms with Crippen LogP contribution in [-0.2, 0) is 25.2 Å². The van der Waals surface area contributed by atoms with Gasteiger partial charge in [-0.25, -0.2) is 13.1 Å². The number of terminal acetylenes is 1. The third-order valence-corrected chi connectivity index (χ3v) is 5.47. The summed E-state index contributed by atoms with van der Waals surface area (Å²) < 4.78 is 60.1. The summed E-state index contributed by atoms with van der Waals surface area (Å²) in [5.41, 5.74) is 0. The Morgan fingerprint density at radius 1 is 1.18 bits per heavy atom. The molecule has 0 aromatic rings. The number of piperazine rings is 1. The number of hydrogen-bond acceptors (Lipinski definition) is 5. The van der Waals surface area contributed by atoms with Crippen LogP contribution in [0, 0.1) is 12.3 Å². The molecule has 1 aliphatic rings. The molecule has 126 valence electrons. The second-order valence-electron chi connectivity index (χ2n) is 4.67. The topological polar surface area (TPSA) is 104 Å². The Kier molecular flexibility index (Phi) is 6.73. The van der Waals surface area contributed by atoms with Crippen LogP contribution in [0.1, 0.15) is 12.8 Å². The Hall–Kier alpha value is -1.22. The average Bonchev–Trinajstić information content (AvgIpc) is 2.44. The van der Waals surface area contributed by atoms with E-state index in [1.807, 2.05) is 0 Å². The molecule has 1 heterocycles. The van der Waals surface area contributed by atoms with Crippen molar-refractivity contribution in [3.8, 4) is 12.3 Å². The van der Waals surface area contributed by atoms with Gasteiger partial charge in [0.2, 0.25) is 15.9 Å². The summed E-state index contributed by atoms with van der Waals surface area (Å²) in [4.78, 5) is 13.1. The fourth-order valence-electron chi connectivity index (χ4n) is 1.88. The Morgan fingerprint density at radius 2 is 1.77 bits per heavy atom. The minimum atomic E-state index is -4.76. The van der Waals surface area contributed by atoms with Crippen molar-refractivity contribution in [3.05, 3.63) is 0 Å². The zero-order valence-electron chi connectivity index (χ0n) is 11.9. The number of amides is 1. The molecule has 22 heavy (non-hydrogen) atoms. The summed E-state index contributed by atoms with van der Waals surface area (Å²) >= 11 is 0. The van der Waals surface area contributed by atoms with Crippen molar-refractivity contribution in [2.45, 2.75) is 12.8 Å². The first-order chi connectivity index (χ1) is 10.2. The van der Waals surface area contributed by atoms with E-state index in [1.165, 1.54) is 4.90 Å². The zero-order valence-corrected chi connectivity index (χ0v) is 13.5. The van der Waals surface area contributed by atoms with E-state index in [-0.39, 0.29) is 31.9 Å². The van der Waals surface area contributed by atoms with Gasteiger partial charge >= 0.3 is 10.4 Å². The van der Waals surface area contributed by atoms with Gasteiger partial charge in [-0.3, -0.25) is 4.79 Å². The molecule has 0 bridgehead atoms. The highest BCUT2D eigenvalue weighted by Crippen LogP contribution is 2.08. The van der Waals surface area contributed by atoms with Crippen molar-refractivity contribution in [1.82, 2.24) is 13.9 Å². The third-order valence-electron chi connectivity index (χ3n) is 3.08. The molecule has 1 aliphatic heterocycles. The van der Waals surface area contributed by atoms with Gasteiger partial charge in [-0.05, 0) is 6.42 Å². The molecule has 1 amide bonds. The Morgan fingerprint density at radius 3 is 2.27 bits per heavy atom. The molecule has 1 saturated heterocycles. The fourth-order valence-corrected chi connectivity index (χ4v) is 3.49. The minimum Gasteiger partial charge on any atom is -0.339 e. The monoisotopic (exact) mass is 355 g/mol. The maximum absolute atomic E-state index is 12.7. The van der Waals surface area contributed by atoms with Crippen LogP contribution in [0.4, 0.5) is 3.89 Å². The van der Waals surface area contributed by atoms with Gasteiger partial charge in [0.1, 0.15) is 0 Å². The van der Waals surface area contributed by atoms with Crippen LogP contribution in [0.15, 0.2) is 0 Å². The number of hydrogen-bond donors (Lipinski definition) is 1. The van der Waals surface area contributed by atoms with E-state index in [2.05, 4.69) is 10.6 Å². The van der Waals surface area contributed by atoms with Crippen LogP contribution in [-0.4, -0.2) is 70.4 Å². The third kappa shape index (κ3) is 6.27. The maximum atomic E-state index is 12.7. The lowest BCUT2D eigenvalue weighted by molar-refractivity contribution is -0.131. The first-order valence-electron chi connectivity index (χ1n) is 6.54. The SMILES string of the molecule is C#CCCCS(=O)(=O)NCC(=O)N1CCN(S(=O)(=O)F)CC1. The summed E-state index contributed by atoms with van der Waals surface area (Å²) in [7, 11) is -8.34. The van der Waals surface area contributed by atoms with Crippen molar-refractivity contribution < 1.29 is 25.5 Å². The van der Waals surface area contributed by atoms with E-state index >= 15 is 0 Å². The normalized spacial score (nSPS) is 17.2. The van der Waals surface area contributed by atoms with Gasteiger partial charge < -0.3 is 4.90 Å². The molecule has 0 aliphatic carbocycles. The predicted octanol–water partition coefficient (Wildman–Crippen LogP) is -1.32. The summed E-state index contributed by atoms with van der Waals surface area (Å²) in [5.74, 6) is 1.66. The molecule has 0 radical (unpaired) electrons. The fraction of sp³-hybridized carbons (Fsp3) is 0.727. The van der Waals surface area contributed by atoms with Gasteiger partial charge in [0, 0.05) is 32.6 Å². The second kappa shape index (κ2) is 7.87. The van der Waals surface area contributed by atoms with Crippen LogP contribution < -0.4 is 4.72 Å². The van der Waals surface area contributed by atoms with Crippen LogP contribution in [0.25, 0.3) is 0 Å². The zero-order chi connectivity index (χ0) is 16.8. The number of halogens is 1. The van der Waals surface area contributed by atoms with Gasteiger partial charge in [0.25, 0.3) is 0 Å². The molecule has 0 atom stereocenters. The van der Waals surface area contributed by atoms with Crippen molar-refractivity contribution >= 4 is 26.3 Å². The molecule has 0 aromatic carbocycles. The number of nitrogens with one attached hydrogen (secondary N) is 1. The lowest BCUT2D eigenvalue weighted by Crippen LogP contribution is -2.51. The van der Waals surface area contributed by atoms with Gasteiger partial charge in [0.05, 0.1) is 12.3 Å². The maximum Gasteiger partial charge on any atom is 0.374 e. The van der Waals surface area contributed by atoms with E-state index in [0.717, 1.165) is 0 Å². The Balaban J connectivity index is 2.40. The van der Waals surface area contributed by atoms with Crippen LogP contribution in [0.2, 0.25) is 0 Å². The molecule has 8 nitrogen and oxygen atoms in total. The Labute approximate surface area is 130 Å². The summed E-state index contributed by atoms with van der Waals surface area (Å²) in [6, 6.07) is 0. The highest BCUT2D eigenvalue weighted by atomic mass is 32.3. The van der Waals surface area contributed by atoms with Gasteiger partial charge in [-0.1, -0.05) is 3.89 Å². The van der Waals surface area contributed by atoms with Gasteiger partial charge in [-0.15, -0.1) is 12.3 Å². The van der Waals surface area contributed by atoms with E-state index in [9.17, 15) is 25.5 Å². The molecule has 1 rings (SSSR count). The standard InChI is InChI=1S/C11H18FN3O5S2/c1-2-3-4-9-21(17,18)13-10-11(16)14-5-7-15(8-6-14)22(12,19)20/h1,13H,3-10H2. The number of carbonyl (C=O) groups excluding carboxylic acids is 1. The van der Waals surface area contributed by atoms with E-state index in [1.54, 1.807) is 0 Å². The predicted molar refractivity (Wildman–Crippen MR) is 78.0 cm³/mol. The molecule has 0 spiro atoms. The molecule has 1 fully saturated rings. The first kappa shape index (κ1) is 18.8. The highest BCUT2D eigenvalue weighted by Gasteiger charge is 2.28. The van der Waals surface area contributed by atoms with Crippen molar-refractivity contribution in [1.29, 1.82) is 0 Å². The van der Waals surface area contributed by atoms with Crippen LogP contribution in [0.3, 0.4) is 0 Å². The highest BCUT2D eigenvalue weighted by molar-refractivity contribution is 7.89. The van der Waals surface area contributed by atoms with E-state index in [0.29, 0.717) is 17.1 Å². The molecule has 11 heteroatoms. The number of carbonyl (C=O) groups is 1. The molecule has 1 N–H and O–H groups in total. The van der Waals surface area contributed by atoms with E-state index < -0.39 is 32.9 Å².